The Morgan fingerprint density at radius 2 is 1.35 bits per heavy atom. The molecule has 0 unspecified atom stereocenters. The summed E-state index contributed by atoms with van der Waals surface area (Å²) in [7, 11) is 0. The third-order valence-electron chi connectivity index (χ3n) is 6.52. The van der Waals surface area contributed by atoms with Gasteiger partial charge in [0.15, 0.2) is 0 Å². The summed E-state index contributed by atoms with van der Waals surface area (Å²) in [4.78, 5) is 2.52. The number of hydrogen-bond donors (Lipinski definition) is 1. The zero-order valence-electron chi connectivity index (χ0n) is 20.0. The first-order valence-electron chi connectivity index (χ1n) is 12.4. The molecule has 0 bridgehead atoms. The largest absolute Gasteiger partial charge is 0.508 e. The van der Waals surface area contributed by atoms with Crippen LogP contribution < -0.4 is 4.74 Å². The molecular formula is C30H34ClNO2. The summed E-state index contributed by atoms with van der Waals surface area (Å²) < 4.78 is 6.08. The molecule has 0 atom stereocenters. The number of phenolic OH excluding ortho intramolecular Hbond substituents is 1. The van der Waals surface area contributed by atoms with Gasteiger partial charge in [-0.1, -0.05) is 67.8 Å². The van der Waals surface area contributed by atoms with Crippen molar-refractivity contribution in [2.45, 2.75) is 39.0 Å². The smallest absolute Gasteiger partial charge is 0.119 e. The highest BCUT2D eigenvalue weighted by molar-refractivity contribution is 6.30. The van der Waals surface area contributed by atoms with Gasteiger partial charge < -0.3 is 9.84 Å². The van der Waals surface area contributed by atoms with Crippen LogP contribution in [0.4, 0.5) is 0 Å². The lowest BCUT2D eigenvalue weighted by molar-refractivity contribution is 0.214. The minimum absolute atomic E-state index is 0.265. The van der Waals surface area contributed by atoms with E-state index in [9.17, 15) is 5.11 Å². The van der Waals surface area contributed by atoms with Gasteiger partial charge in [-0.2, -0.15) is 0 Å². The molecule has 1 fully saturated rings. The summed E-state index contributed by atoms with van der Waals surface area (Å²) in [6.45, 7) is 6.24. The normalized spacial score (nSPS) is 15.5. The molecule has 0 spiro atoms. The maximum absolute atomic E-state index is 9.83. The van der Waals surface area contributed by atoms with E-state index in [1.807, 2.05) is 24.3 Å². The number of halogens is 1. The second kappa shape index (κ2) is 12.1. The summed E-state index contributed by atoms with van der Waals surface area (Å²) >= 11 is 6.15. The monoisotopic (exact) mass is 475 g/mol. The van der Waals surface area contributed by atoms with E-state index in [4.69, 9.17) is 16.3 Å². The van der Waals surface area contributed by atoms with Gasteiger partial charge in [-0.05, 0) is 96.6 Å². The van der Waals surface area contributed by atoms with E-state index in [1.165, 1.54) is 44.3 Å². The van der Waals surface area contributed by atoms with E-state index in [0.29, 0.717) is 6.61 Å². The second-order valence-electron chi connectivity index (χ2n) is 8.89. The molecule has 3 nitrogen and oxygen atoms in total. The fourth-order valence-electron chi connectivity index (χ4n) is 4.69. The molecule has 1 aliphatic heterocycles. The minimum Gasteiger partial charge on any atom is -0.508 e. The van der Waals surface area contributed by atoms with Gasteiger partial charge in [-0.3, -0.25) is 4.90 Å². The average Bonchev–Trinajstić information content (AvgIpc) is 3.14. The molecule has 34 heavy (non-hydrogen) atoms. The van der Waals surface area contributed by atoms with Gasteiger partial charge in [0, 0.05) is 11.6 Å². The number of phenols is 1. The summed E-state index contributed by atoms with van der Waals surface area (Å²) in [5.74, 6) is 1.16. The Hall–Kier alpha value is -2.75. The molecular weight excluding hydrogens is 442 g/mol. The number of rotatable bonds is 8. The van der Waals surface area contributed by atoms with Crippen molar-refractivity contribution in [1.29, 1.82) is 0 Å². The fourth-order valence-corrected chi connectivity index (χ4v) is 4.82. The van der Waals surface area contributed by atoms with Crippen molar-refractivity contribution in [2.24, 2.45) is 0 Å². The van der Waals surface area contributed by atoms with E-state index in [-0.39, 0.29) is 5.75 Å². The number of benzene rings is 3. The van der Waals surface area contributed by atoms with Gasteiger partial charge in [0.05, 0.1) is 0 Å². The maximum atomic E-state index is 9.83. The number of aromatic hydroxyl groups is 1. The molecule has 3 aromatic carbocycles. The van der Waals surface area contributed by atoms with E-state index >= 15 is 0 Å². The van der Waals surface area contributed by atoms with Crippen LogP contribution in [0, 0.1) is 0 Å². The molecule has 0 radical (unpaired) electrons. The Morgan fingerprint density at radius 3 is 1.94 bits per heavy atom. The van der Waals surface area contributed by atoms with Crippen molar-refractivity contribution in [3.05, 3.63) is 94.5 Å². The summed E-state index contributed by atoms with van der Waals surface area (Å²) in [5, 5.41) is 10.6. The van der Waals surface area contributed by atoms with E-state index in [2.05, 4.69) is 48.2 Å². The SMILES string of the molecule is CC/C(=C(/c1ccc(O)cc1)c1ccc(OCCN2CCCCCC2)cc1)c1ccc(Cl)cc1. The van der Waals surface area contributed by atoms with Crippen LogP contribution in [0.15, 0.2) is 72.8 Å². The van der Waals surface area contributed by atoms with Gasteiger partial charge in [-0.15, -0.1) is 0 Å². The molecule has 4 heteroatoms. The number of allylic oxidation sites excluding steroid dienone is 1. The highest BCUT2D eigenvalue weighted by Crippen LogP contribution is 2.36. The van der Waals surface area contributed by atoms with E-state index in [0.717, 1.165) is 46.0 Å². The van der Waals surface area contributed by atoms with Crippen molar-refractivity contribution < 1.29 is 9.84 Å². The third kappa shape index (κ3) is 6.43. The molecule has 1 saturated heterocycles. The van der Waals surface area contributed by atoms with Crippen molar-refractivity contribution >= 4 is 22.7 Å². The van der Waals surface area contributed by atoms with Crippen molar-refractivity contribution in [3.8, 4) is 11.5 Å². The maximum Gasteiger partial charge on any atom is 0.119 e. The van der Waals surface area contributed by atoms with Crippen LogP contribution in [0.1, 0.15) is 55.7 Å². The quantitative estimate of drug-likeness (QED) is 0.339. The van der Waals surface area contributed by atoms with Gasteiger partial charge in [-0.25, -0.2) is 0 Å². The number of hydrogen-bond acceptors (Lipinski definition) is 3. The van der Waals surface area contributed by atoms with E-state index < -0.39 is 0 Å². The highest BCUT2D eigenvalue weighted by atomic mass is 35.5. The molecule has 1 aliphatic rings. The van der Waals surface area contributed by atoms with Crippen LogP contribution in [0.3, 0.4) is 0 Å². The van der Waals surface area contributed by atoms with Crippen molar-refractivity contribution in [1.82, 2.24) is 4.90 Å². The highest BCUT2D eigenvalue weighted by Gasteiger charge is 2.14. The number of ether oxygens (including phenoxy) is 1. The molecule has 0 aromatic heterocycles. The molecule has 3 aromatic rings. The molecule has 178 valence electrons. The minimum atomic E-state index is 0.265. The lowest BCUT2D eigenvalue weighted by Crippen LogP contribution is -2.29. The Bertz CT molecular complexity index is 1060. The van der Waals surface area contributed by atoms with Gasteiger partial charge in [0.25, 0.3) is 0 Å². The lowest BCUT2D eigenvalue weighted by Gasteiger charge is -2.20. The summed E-state index contributed by atoms with van der Waals surface area (Å²) in [6.07, 6.45) is 6.17. The van der Waals surface area contributed by atoms with Gasteiger partial charge in [0.1, 0.15) is 18.1 Å². The summed E-state index contributed by atoms with van der Waals surface area (Å²) in [5.41, 5.74) is 5.72. The molecule has 0 aliphatic carbocycles. The van der Waals surface area contributed by atoms with Crippen molar-refractivity contribution in [2.75, 3.05) is 26.2 Å². The third-order valence-corrected chi connectivity index (χ3v) is 6.77. The Kier molecular flexibility index (Phi) is 8.67. The predicted molar refractivity (Wildman–Crippen MR) is 143 cm³/mol. The Morgan fingerprint density at radius 1 is 0.794 bits per heavy atom. The van der Waals surface area contributed by atoms with E-state index in [1.54, 1.807) is 12.1 Å². The van der Waals surface area contributed by atoms with Crippen LogP contribution in [0.5, 0.6) is 11.5 Å². The van der Waals surface area contributed by atoms with Crippen LogP contribution >= 0.6 is 11.6 Å². The van der Waals surface area contributed by atoms with Gasteiger partial charge in [0.2, 0.25) is 0 Å². The zero-order valence-corrected chi connectivity index (χ0v) is 20.7. The molecule has 4 rings (SSSR count). The van der Waals surface area contributed by atoms with Crippen LogP contribution in [0.25, 0.3) is 11.1 Å². The summed E-state index contributed by atoms with van der Waals surface area (Å²) in [6, 6.07) is 23.8. The topological polar surface area (TPSA) is 32.7 Å². The van der Waals surface area contributed by atoms with Crippen LogP contribution in [-0.2, 0) is 0 Å². The fraction of sp³-hybridized carbons (Fsp3) is 0.333. The Balaban J connectivity index is 1.57. The van der Waals surface area contributed by atoms with Crippen molar-refractivity contribution in [3.63, 3.8) is 0 Å². The average molecular weight is 476 g/mol. The molecule has 0 saturated carbocycles. The first-order chi connectivity index (χ1) is 16.6. The molecule has 0 amide bonds. The number of nitrogens with zero attached hydrogens (tertiary/aromatic N) is 1. The first-order valence-corrected chi connectivity index (χ1v) is 12.8. The van der Waals surface area contributed by atoms with Gasteiger partial charge >= 0.3 is 0 Å². The van der Waals surface area contributed by atoms with Crippen LogP contribution in [-0.4, -0.2) is 36.2 Å². The first kappa shape index (κ1) is 24.4. The Labute approximate surface area is 208 Å². The molecule has 1 N–H and O–H groups in total. The van der Waals surface area contributed by atoms with Crippen LogP contribution in [0.2, 0.25) is 5.02 Å². The predicted octanol–water partition coefficient (Wildman–Crippen LogP) is 7.67. The second-order valence-corrected chi connectivity index (χ2v) is 9.33. The molecule has 1 heterocycles. The zero-order chi connectivity index (χ0) is 23.8. The number of likely N-dealkylation sites (tertiary alicyclic amines) is 1. The standard InChI is InChI=1S/C30H34ClNO2/c1-2-29(23-7-13-26(31)14-8-23)30(24-9-15-27(33)16-10-24)25-11-17-28(18-12-25)34-22-21-32-19-5-3-4-6-20-32/h7-18,33H,2-6,19-22H2,1H3/b30-29+. The lowest BCUT2D eigenvalue weighted by atomic mass is 9.88.